The average Bonchev–Trinajstić information content (AvgIpc) is 2.46. The predicted molar refractivity (Wildman–Crippen MR) is 83.0 cm³/mol. The van der Waals surface area contributed by atoms with Gasteiger partial charge in [-0.15, -0.1) is 0 Å². The van der Waals surface area contributed by atoms with Gasteiger partial charge in [0.25, 0.3) is 0 Å². The molecule has 0 aliphatic heterocycles. The lowest BCUT2D eigenvalue weighted by Gasteiger charge is -2.10. The van der Waals surface area contributed by atoms with Gasteiger partial charge in [0.15, 0.2) is 0 Å². The first-order valence-electron chi connectivity index (χ1n) is 7.41. The van der Waals surface area contributed by atoms with Crippen molar-refractivity contribution in [1.29, 1.82) is 0 Å². The summed E-state index contributed by atoms with van der Waals surface area (Å²) in [5, 5.41) is 2.57. The molecule has 1 nitrogen and oxygen atoms in total. The molecular weight excluding hydrogens is 232 g/mol. The van der Waals surface area contributed by atoms with Crippen molar-refractivity contribution in [3.8, 4) is 5.75 Å². The summed E-state index contributed by atoms with van der Waals surface area (Å²) >= 11 is 0. The van der Waals surface area contributed by atoms with E-state index in [9.17, 15) is 0 Å². The number of methoxy groups -OCH3 is 1. The van der Waals surface area contributed by atoms with Gasteiger partial charge < -0.3 is 4.74 Å². The summed E-state index contributed by atoms with van der Waals surface area (Å²) in [6, 6.07) is 12.9. The third-order valence-corrected chi connectivity index (χ3v) is 3.70. The van der Waals surface area contributed by atoms with Crippen LogP contribution in [0.1, 0.15) is 44.6 Å². The maximum absolute atomic E-state index is 5.53. The average molecular weight is 256 g/mol. The highest BCUT2D eigenvalue weighted by Gasteiger charge is 2.05. The van der Waals surface area contributed by atoms with Crippen LogP contribution in [0, 0.1) is 0 Å². The molecule has 0 aliphatic carbocycles. The Morgan fingerprint density at radius 2 is 1.58 bits per heavy atom. The summed E-state index contributed by atoms with van der Waals surface area (Å²) in [6.07, 6.45) is 7.72. The van der Waals surface area contributed by atoms with Crippen molar-refractivity contribution >= 4 is 10.8 Å². The van der Waals surface area contributed by atoms with Crippen molar-refractivity contribution in [1.82, 2.24) is 0 Å². The van der Waals surface area contributed by atoms with Crippen LogP contribution < -0.4 is 4.74 Å². The lowest BCUT2D eigenvalue weighted by Crippen LogP contribution is -1.93. The van der Waals surface area contributed by atoms with E-state index in [2.05, 4.69) is 43.3 Å². The molecule has 0 saturated carbocycles. The second-order valence-electron chi connectivity index (χ2n) is 5.18. The van der Waals surface area contributed by atoms with Gasteiger partial charge in [-0.2, -0.15) is 0 Å². The molecule has 0 spiro atoms. The van der Waals surface area contributed by atoms with Gasteiger partial charge in [0.1, 0.15) is 5.75 Å². The lowest BCUT2D eigenvalue weighted by molar-refractivity contribution is 0.409. The zero-order valence-electron chi connectivity index (χ0n) is 12.1. The van der Waals surface area contributed by atoms with Gasteiger partial charge in [0.2, 0.25) is 0 Å². The summed E-state index contributed by atoms with van der Waals surface area (Å²) in [4.78, 5) is 0. The number of hydrogen-bond donors (Lipinski definition) is 0. The van der Waals surface area contributed by atoms with Crippen LogP contribution in [0.2, 0.25) is 0 Å². The molecule has 0 radical (unpaired) electrons. The summed E-state index contributed by atoms with van der Waals surface area (Å²) < 4.78 is 5.53. The van der Waals surface area contributed by atoms with Crippen LogP contribution in [-0.4, -0.2) is 7.11 Å². The monoisotopic (exact) mass is 256 g/mol. The van der Waals surface area contributed by atoms with Crippen LogP contribution in [0.3, 0.4) is 0 Å². The van der Waals surface area contributed by atoms with Gasteiger partial charge in [-0.3, -0.25) is 0 Å². The second kappa shape index (κ2) is 7.18. The van der Waals surface area contributed by atoms with Crippen molar-refractivity contribution in [2.45, 2.75) is 45.4 Å². The fourth-order valence-corrected chi connectivity index (χ4v) is 2.57. The zero-order valence-corrected chi connectivity index (χ0v) is 12.1. The zero-order chi connectivity index (χ0) is 13.5. The molecule has 2 aromatic rings. The largest absolute Gasteiger partial charge is 0.496 e. The molecule has 0 aromatic heterocycles. The Hall–Kier alpha value is -1.50. The van der Waals surface area contributed by atoms with Crippen LogP contribution in [0.5, 0.6) is 5.75 Å². The van der Waals surface area contributed by atoms with Gasteiger partial charge >= 0.3 is 0 Å². The van der Waals surface area contributed by atoms with Crippen LogP contribution >= 0.6 is 0 Å². The van der Waals surface area contributed by atoms with E-state index >= 15 is 0 Å². The van der Waals surface area contributed by atoms with Gasteiger partial charge in [-0.05, 0) is 41.3 Å². The van der Waals surface area contributed by atoms with Crippen LogP contribution in [0.4, 0.5) is 0 Å². The first kappa shape index (κ1) is 13.9. The molecule has 102 valence electrons. The first-order chi connectivity index (χ1) is 9.35. The van der Waals surface area contributed by atoms with E-state index in [0.29, 0.717) is 0 Å². The standard InChI is InChI=1S/C18H24O/c1-3-4-5-6-7-12-17-13-15-10-8-9-11-16(15)14-18(17)19-2/h8-11,13-14H,3-7,12H2,1-2H3. The molecule has 0 N–H and O–H groups in total. The third kappa shape index (κ3) is 3.73. The van der Waals surface area contributed by atoms with Crippen molar-refractivity contribution in [2.75, 3.05) is 7.11 Å². The van der Waals surface area contributed by atoms with E-state index in [1.54, 1.807) is 7.11 Å². The Bertz CT molecular complexity index is 516. The van der Waals surface area contributed by atoms with E-state index in [-0.39, 0.29) is 0 Å². The van der Waals surface area contributed by atoms with Crippen molar-refractivity contribution < 1.29 is 4.74 Å². The molecule has 0 bridgehead atoms. The SMILES string of the molecule is CCCCCCCc1cc2ccccc2cc1OC. The van der Waals surface area contributed by atoms with E-state index in [0.717, 1.165) is 12.2 Å². The number of hydrogen-bond acceptors (Lipinski definition) is 1. The Morgan fingerprint density at radius 1 is 0.895 bits per heavy atom. The lowest BCUT2D eigenvalue weighted by atomic mass is 10.0. The molecule has 1 heteroatoms. The van der Waals surface area contributed by atoms with Gasteiger partial charge in [-0.25, -0.2) is 0 Å². The maximum Gasteiger partial charge on any atom is 0.122 e. The fraction of sp³-hybridized carbons (Fsp3) is 0.444. The Labute approximate surface area is 116 Å². The van der Waals surface area contributed by atoms with Crippen molar-refractivity contribution in [2.24, 2.45) is 0 Å². The molecule has 0 saturated heterocycles. The third-order valence-electron chi connectivity index (χ3n) is 3.70. The maximum atomic E-state index is 5.53. The molecule has 2 aromatic carbocycles. The normalized spacial score (nSPS) is 10.8. The minimum Gasteiger partial charge on any atom is -0.496 e. The highest BCUT2D eigenvalue weighted by atomic mass is 16.5. The Balaban J connectivity index is 2.08. The van der Waals surface area contributed by atoms with E-state index in [4.69, 9.17) is 4.74 Å². The second-order valence-corrected chi connectivity index (χ2v) is 5.18. The smallest absolute Gasteiger partial charge is 0.122 e. The Kier molecular flexibility index (Phi) is 5.26. The van der Waals surface area contributed by atoms with Gasteiger partial charge in [0, 0.05) is 0 Å². The number of fused-ring (bicyclic) bond motifs is 1. The Morgan fingerprint density at radius 3 is 2.26 bits per heavy atom. The first-order valence-corrected chi connectivity index (χ1v) is 7.41. The molecule has 0 fully saturated rings. The van der Waals surface area contributed by atoms with Crippen LogP contribution in [-0.2, 0) is 6.42 Å². The van der Waals surface area contributed by atoms with Crippen LogP contribution in [0.15, 0.2) is 36.4 Å². The molecule has 0 aliphatic rings. The summed E-state index contributed by atoms with van der Waals surface area (Å²) in [7, 11) is 1.77. The molecule has 2 rings (SSSR count). The van der Waals surface area contributed by atoms with E-state index in [1.807, 2.05) is 0 Å². The predicted octanol–water partition coefficient (Wildman–Crippen LogP) is 5.36. The summed E-state index contributed by atoms with van der Waals surface area (Å²) in [5.41, 5.74) is 1.35. The van der Waals surface area contributed by atoms with Gasteiger partial charge in [0.05, 0.1) is 7.11 Å². The molecule has 19 heavy (non-hydrogen) atoms. The van der Waals surface area contributed by atoms with Crippen LogP contribution in [0.25, 0.3) is 10.8 Å². The fourth-order valence-electron chi connectivity index (χ4n) is 2.57. The molecule has 0 unspecified atom stereocenters. The summed E-state index contributed by atoms with van der Waals surface area (Å²) in [5.74, 6) is 1.04. The molecule has 0 amide bonds. The number of ether oxygens (including phenoxy) is 1. The van der Waals surface area contributed by atoms with E-state index in [1.165, 1.54) is 48.4 Å². The number of benzene rings is 2. The topological polar surface area (TPSA) is 9.23 Å². The minimum absolute atomic E-state index is 1.04. The minimum atomic E-state index is 1.04. The number of aryl methyl sites for hydroxylation is 1. The van der Waals surface area contributed by atoms with E-state index < -0.39 is 0 Å². The molecule has 0 atom stereocenters. The van der Waals surface area contributed by atoms with Crippen molar-refractivity contribution in [3.05, 3.63) is 42.0 Å². The highest BCUT2D eigenvalue weighted by Crippen LogP contribution is 2.27. The number of rotatable bonds is 7. The van der Waals surface area contributed by atoms with Gasteiger partial charge in [-0.1, -0.05) is 56.9 Å². The summed E-state index contributed by atoms with van der Waals surface area (Å²) in [6.45, 7) is 2.26. The molecule has 0 heterocycles. The quantitative estimate of drug-likeness (QED) is 0.606. The molecular formula is C18H24O. The van der Waals surface area contributed by atoms with Crippen molar-refractivity contribution in [3.63, 3.8) is 0 Å². The highest BCUT2D eigenvalue weighted by molar-refractivity contribution is 5.85. The number of unbranched alkanes of at least 4 members (excludes halogenated alkanes) is 4.